The van der Waals surface area contributed by atoms with Gasteiger partial charge in [0.2, 0.25) is 15.9 Å². The lowest BCUT2D eigenvalue weighted by Gasteiger charge is -2.33. The topological polar surface area (TPSA) is 96.7 Å². The van der Waals surface area contributed by atoms with Crippen LogP contribution in [-0.2, 0) is 14.8 Å². The van der Waals surface area contributed by atoms with Gasteiger partial charge in [0, 0.05) is 29.8 Å². The summed E-state index contributed by atoms with van der Waals surface area (Å²) in [5, 5.41) is 3.57. The van der Waals surface area contributed by atoms with Crippen LogP contribution in [0, 0.1) is 13.8 Å². The van der Waals surface area contributed by atoms with Crippen molar-refractivity contribution in [3.05, 3.63) is 70.1 Å². The number of piperidine rings is 1. The Kier molecular flexibility index (Phi) is 5.68. The van der Waals surface area contributed by atoms with E-state index in [9.17, 15) is 18.0 Å². The molecule has 2 aromatic carbocycles. The molecule has 3 aromatic rings. The first-order valence-electron chi connectivity index (χ1n) is 10.2. The minimum Gasteiger partial charge on any atom is -0.423 e. The molecule has 1 aliphatic rings. The van der Waals surface area contributed by atoms with E-state index in [0.29, 0.717) is 30.7 Å². The number of amides is 1. The first-order valence-corrected chi connectivity index (χ1v) is 11.6. The number of nitrogens with zero attached hydrogens (tertiary/aromatic N) is 1. The van der Waals surface area contributed by atoms with Gasteiger partial charge in [-0.2, -0.15) is 4.31 Å². The molecule has 1 aromatic heterocycles. The molecule has 2 heterocycles. The molecule has 0 saturated carbocycles. The van der Waals surface area contributed by atoms with Gasteiger partial charge in [-0.05, 0) is 56.5 Å². The fraction of sp³-hybridized carbons (Fsp3) is 0.304. The molecule has 31 heavy (non-hydrogen) atoms. The number of hydrogen-bond donors (Lipinski definition) is 1. The van der Waals surface area contributed by atoms with Crippen molar-refractivity contribution in [1.29, 1.82) is 0 Å². The van der Waals surface area contributed by atoms with Crippen molar-refractivity contribution in [2.75, 3.05) is 11.9 Å². The summed E-state index contributed by atoms with van der Waals surface area (Å²) >= 11 is 0. The highest BCUT2D eigenvalue weighted by atomic mass is 32.2. The summed E-state index contributed by atoms with van der Waals surface area (Å²) in [5.41, 5.74) is 2.10. The van der Waals surface area contributed by atoms with E-state index in [0.717, 1.165) is 22.9 Å². The van der Waals surface area contributed by atoms with Crippen LogP contribution in [0.15, 0.2) is 62.6 Å². The van der Waals surface area contributed by atoms with Gasteiger partial charge < -0.3 is 9.73 Å². The van der Waals surface area contributed by atoms with E-state index in [4.69, 9.17) is 4.42 Å². The number of anilines is 1. The standard InChI is InChI=1S/C23H24N2O5S/c1-15-6-9-18(10-7-15)31(28,29)25-12-4-3-5-20(25)23(27)24-17-8-11-19-16(2)13-22(26)30-21(19)14-17/h6-11,13-14,20H,3-5,12H2,1-2H3,(H,24,27). The molecule has 1 amide bonds. The van der Waals surface area contributed by atoms with Crippen LogP contribution in [0.5, 0.6) is 0 Å². The van der Waals surface area contributed by atoms with Crippen LogP contribution >= 0.6 is 0 Å². The summed E-state index contributed by atoms with van der Waals surface area (Å²) < 4.78 is 33.0. The van der Waals surface area contributed by atoms with Crippen molar-refractivity contribution in [2.24, 2.45) is 0 Å². The quantitative estimate of drug-likeness (QED) is 0.626. The molecule has 7 nitrogen and oxygen atoms in total. The molecular weight excluding hydrogens is 416 g/mol. The third-order valence-corrected chi connectivity index (χ3v) is 7.53. The van der Waals surface area contributed by atoms with Gasteiger partial charge in [0.25, 0.3) is 0 Å². The highest BCUT2D eigenvalue weighted by Gasteiger charge is 2.37. The number of carbonyl (C=O) groups is 1. The molecule has 0 bridgehead atoms. The summed E-state index contributed by atoms with van der Waals surface area (Å²) in [4.78, 5) is 24.9. The lowest BCUT2D eigenvalue weighted by molar-refractivity contribution is -0.120. The number of hydrogen-bond acceptors (Lipinski definition) is 5. The molecule has 1 N–H and O–H groups in total. The third-order valence-electron chi connectivity index (χ3n) is 5.60. The second-order valence-electron chi connectivity index (χ2n) is 7.89. The minimum absolute atomic E-state index is 0.181. The summed E-state index contributed by atoms with van der Waals surface area (Å²) in [6.45, 7) is 3.99. The molecule has 4 rings (SSSR count). The zero-order valence-electron chi connectivity index (χ0n) is 17.4. The van der Waals surface area contributed by atoms with Gasteiger partial charge in [-0.3, -0.25) is 4.79 Å². The molecule has 162 valence electrons. The smallest absolute Gasteiger partial charge is 0.336 e. The summed E-state index contributed by atoms with van der Waals surface area (Å²) in [7, 11) is -3.80. The Morgan fingerprint density at radius 2 is 1.81 bits per heavy atom. The second-order valence-corrected chi connectivity index (χ2v) is 9.78. The number of rotatable bonds is 4. The van der Waals surface area contributed by atoms with Gasteiger partial charge in [0.05, 0.1) is 4.90 Å². The van der Waals surface area contributed by atoms with Gasteiger partial charge in [0.1, 0.15) is 11.6 Å². The molecular formula is C23H24N2O5S. The third kappa shape index (κ3) is 4.26. The Bertz CT molecular complexity index is 1300. The SMILES string of the molecule is Cc1ccc(S(=O)(=O)N2CCCCC2C(=O)Nc2ccc3c(C)cc(=O)oc3c2)cc1. The van der Waals surface area contributed by atoms with Gasteiger partial charge >= 0.3 is 5.63 Å². The van der Waals surface area contributed by atoms with Crippen LogP contribution in [-0.4, -0.2) is 31.2 Å². The summed E-state index contributed by atoms with van der Waals surface area (Å²) in [6, 6.07) is 12.3. The Balaban J connectivity index is 1.61. The van der Waals surface area contributed by atoms with Crippen LogP contribution in [0.2, 0.25) is 0 Å². The van der Waals surface area contributed by atoms with Gasteiger partial charge in [-0.15, -0.1) is 0 Å². The highest BCUT2D eigenvalue weighted by molar-refractivity contribution is 7.89. The Morgan fingerprint density at radius 3 is 2.55 bits per heavy atom. The van der Waals surface area contributed by atoms with Crippen LogP contribution in [0.1, 0.15) is 30.4 Å². The van der Waals surface area contributed by atoms with E-state index < -0.39 is 27.6 Å². The maximum atomic E-state index is 13.2. The largest absolute Gasteiger partial charge is 0.423 e. The number of carbonyl (C=O) groups excluding carboxylic acids is 1. The van der Waals surface area contributed by atoms with E-state index in [1.807, 2.05) is 13.8 Å². The first kappa shape index (κ1) is 21.3. The van der Waals surface area contributed by atoms with Gasteiger partial charge in [-0.25, -0.2) is 13.2 Å². The van der Waals surface area contributed by atoms with Crippen LogP contribution in [0.25, 0.3) is 11.0 Å². The van der Waals surface area contributed by atoms with E-state index in [1.165, 1.54) is 10.4 Å². The molecule has 0 radical (unpaired) electrons. The molecule has 0 spiro atoms. The fourth-order valence-electron chi connectivity index (χ4n) is 3.93. The van der Waals surface area contributed by atoms with Gasteiger partial charge in [0.15, 0.2) is 0 Å². The maximum Gasteiger partial charge on any atom is 0.336 e. The zero-order valence-corrected chi connectivity index (χ0v) is 18.2. The number of sulfonamides is 1. The maximum absolute atomic E-state index is 13.2. The van der Waals surface area contributed by atoms with Crippen molar-refractivity contribution >= 4 is 32.6 Å². The molecule has 0 aliphatic carbocycles. The Hall–Kier alpha value is -2.97. The normalized spacial score (nSPS) is 17.5. The van der Waals surface area contributed by atoms with Crippen molar-refractivity contribution in [2.45, 2.75) is 44.0 Å². The zero-order chi connectivity index (χ0) is 22.2. The van der Waals surface area contributed by atoms with E-state index in [1.54, 1.807) is 42.5 Å². The molecule has 1 unspecified atom stereocenters. The lowest BCUT2D eigenvalue weighted by Crippen LogP contribution is -2.49. The molecule has 1 atom stereocenters. The molecule has 1 aliphatic heterocycles. The number of nitrogens with one attached hydrogen (secondary N) is 1. The minimum atomic E-state index is -3.80. The number of fused-ring (bicyclic) bond motifs is 1. The average molecular weight is 441 g/mol. The summed E-state index contributed by atoms with van der Waals surface area (Å²) in [5.74, 6) is -0.398. The van der Waals surface area contributed by atoms with Crippen molar-refractivity contribution in [1.82, 2.24) is 4.31 Å². The summed E-state index contributed by atoms with van der Waals surface area (Å²) in [6.07, 6.45) is 1.91. The van der Waals surface area contributed by atoms with E-state index >= 15 is 0 Å². The number of benzene rings is 2. The highest BCUT2D eigenvalue weighted by Crippen LogP contribution is 2.27. The first-order chi connectivity index (χ1) is 14.8. The molecule has 1 fully saturated rings. The van der Waals surface area contributed by atoms with Crippen molar-refractivity contribution < 1.29 is 17.6 Å². The lowest BCUT2D eigenvalue weighted by atomic mass is 10.0. The Morgan fingerprint density at radius 1 is 1.06 bits per heavy atom. The predicted molar refractivity (Wildman–Crippen MR) is 119 cm³/mol. The predicted octanol–water partition coefficient (Wildman–Crippen LogP) is 3.59. The fourth-order valence-corrected chi connectivity index (χ4v) is 5.59. The van der Waals surface area contributed by atoms with Gasteiger partial charge in [-0.1, -0.05) is 24.1 Å². The van der Waals surface area contributed by atoms with Crippen LogP contribution in [0.4, 0.5) is 5.69 Å². The molecule has 1 saturated heterocycles. The Labute approximate surface area is 180 Å². The van der Waals surface area contributed by atoms with Crippen LogP contribution in [0.3, 0.4) is 0 Å². The average Bonchev–Trinajstić information content (AvgIpc) is 2.73. The number of aryl methyl sites for hydroxylation is 2. The van der Waals surface area contributed by atoms with Crippen molar-refractivity contribution in [3.8, 4) is 0 Å². The monoisotopic (exact) mass is 440 g/mol. The van der Waals surface area contributed by atoms with Crippen LogP contribution < -0.4 is 10.9 Å². The second kappa shape index (κ2) is 8.28. The molecule has 8 heteroatoms. The van der Waals surface area contributed by atoms with E-state index in [-0.39, 0.29) is 4.90 Å². The van der Waals surface area contributed by atoms with E-state index in [2.05, 4.69) is 5.32 Å². The van der Waals surface area contributed by atoms with Crippen molar-refractivity contribution in [3.63, 3.8) is 0 Å².